The molecule has 0 spiro atoms. The molecule has 12 unspecified atom stereocenters. The molecule has 1 aliphatic carbocycles. The van der Waals surface area contributed by atoms with Crippen molar-refractivity contribution in [2.24, 2.45) is 35.1 Å². The summed E-state index contributed by atoms with van der Waals surface area (Å²) in [6, 6.07) is -8.40. The molecular weight excluding hydrogens is 1940 g/mol. The number of carbonyl (C=O) groups excluding carboxylic acids is 12. The van der Waals surface area contributed by atoms with Crippen molar-refractivity contribution in [2.45, 2.75) is 439 Å². The molecule has 3 saturated heterocycles. The number of carbonyl (C=O) groups is 12. The van der Waals surface area contributed by atoms with Gasteiger partial charge in [0.25, 0.3) is 0 Å². The number of aliphatic imine (C=N–C) groups is 6. The summed E-state index contributed by atoms with van der Waals surface area (Å²) in [6.45, 7) is 50.3. The van der Waals surface area contributed by atoms with E-state index < -0.39 is 318 Å². The van der Waals surface area contributed by atoms with Crippen LogP contribution in [0.4, 0.5) is 57.5 Å². The molecule has 4 aliphatic rings. The summed E-state index contributed by atoms with van der Waals surface area (Å²) in [4.78, 5) is 193. The highest BCUT2D eigenvalue weighted by atomic mass is 16.8. The predicted molar refractivity (Wildman–Crippen MR) is 517 cm³/mol. The van der Waals surface area contributed by atoms with E-state index in [0.29, 0.717) is 0 Å². The van der Waals surface area contributed by atoms with Gasteiger partial charge in [0.15, 0.2) is 18.9 Å². The minimum Gasteiger partial charge on any atom is -0.444 e. The molecule has 146 heavy (non-hydrogen) atoms. The van der Waals surface area contributed by atoms with E-state index in [9.17, 15) is 93.7 Å². The van der Waals surface area contributed by atoms with Crippen molar-refractivity contribution < 1.29 is 173 Å². The van der Waals surface area contributed by atoms with E-state index in [1.807, 2.05) is 0 Å². The quantitative estimate of drug-likeness (QED) is 0.0183. The van der Waals surface area contributed by atoms with Crippen LogP contribution in [-0.2, 0) is 85.3 Å². The van der Waals surface area contributed by atoms with Gasteiger partial charge in [0, 0.05) is 18.0 Å². The Bertz CT molecular complexity index is 4750. The third-order valence-corrected chi connectivity index (χ3v) is 17.4. The van der Waals surface area contributed by atoms with Gasteiger partial charge in [-0.1, -0.05) is 5.11 Å². The number of ether oxygens (including phenoxy) is 18. The summed E-state index contributed by atoms with van der Waals surface area (Å²) in [7, 11) is 0. The molecule has 0 bridgehead atoms. The van der Waals surface area contributed by atoms with Crippen LogP contribution in [0.2, 0.25) is 0 Å². The number of nitrogens with one attached hydrogen (secondary N) is 12. The molecule has 57 heteroatoms. The number of alkyl carbamates (subject to hydrolysis) is 6. The number of aliphatic hydroxyl groups is 6. The molecule has 0 aromatic rings. The third-order valence-electron chi connectivity index (χ3n) is 17.4. The summed E-state index contributed by atoms with van der Waals surface area (Å²) in [6.07, 6.45) is -51.7. The molecule has 18 N–H and O–H groups in total. The molecular formula is C89H153N21O36. The topological polar surface area (TPSA) is 760 Å². The number of guanidine groups is 6. The van der Waals surface area contributed by atoms with Gasteiger partial charge in [0.1, 0.15) is 146 Å². The van der Waals surface area contributed by atoms with Crippen LogP contribution in [0.15, 0.2) is 35.1 Å². The lowest BCUT2D eigenvalue weighted by Crippen LogP contribution is -2.71. The molecule has 57 nitrogen and oxygen atoms in total. The van der Waals surface area contributed by atoms with Crippen molar-refractivity contribution in [3.8, 4) is 0 Å². The summed E-state index contributed by atoms with van der Waals surface area (Å²) in [5, 5.41) is 112. The van der Waals surface area contributed by atoms with E-state index in [0.717, 1.165) is 0 Å². The second-order valence-corrected chi connectivity index (χ2v) is 45.5. The Morgan fingerprint density at radius 2 is 0.500 bits per heavy atom. The number of azide groups is 1. The zero-order valence-electron chi connectivity index (χ0n) is 89.8. The van der Waals surface area contributed by atoms with Crippen molar-refractivity contribution >= 4 is 109 Å². The number of hydrogen-bond donors (Lipinski definition) is 18. The highest BCUT2D eigenvalue weighted by Gasteiger charge is 2.58. The van der Waals surface area contributed by atoms with Crippen molar-refractivity contribution in [3.63, 3.8) is 0 Å². The van der Waals surface area contributed by atoms with E-state index in [4.69, 9.17) is 85.3 Å². The smallest absolute Gasteiger partial charge is 0.437 e. The van der Waals surface area contributed by atoms with Crippen molar-refractivity contribution in [3.05, 3.63) is 10.4 Å². The van der Waals surface area contributed by atoms with E-state index >= 15 is 0 Å². The highest BCUT2D eigenvalue weighted by Crippen LogP contribution is 2.38. The second kappa shape index (κ2) is 51.1. The first-order valence-electron chi connectivity index (χ1n) is 46.5. The zero-order chi connectivity index (χ0) is 112. The zero-order valence-corrected chi connectivity index (χ0v) is 89.8. The Balaban J connectivity index is 2.40. The SMILES string of the molecule is CC(C)(C)OC(=O)/N=C(/NCC1O[C@H](O[C@@H]2C(N/C(=N\C(=O)OC(C)(C)C)NC(=O)OC(C)(C)C)C[C@@H](N/C(=N\C(=O)OC(C)(C)C)NC(=O)OC(C)(C)C)C(O)C2O[C@@H]2O[C@H](CN=[N+]=[N-])C(OC3OC(CN/C(=N\C(=O)OC(C)(C)C)NC(=O)OC(C)(C)C)C(O)C(O)C3N/C(=N\C(=O)OC(C)(C)C)NC(=O)OC(C)(C)C)[C@@H]2O)C(N/C(=N/C(=O)OC(C)(C)C)NC(=O)OC(C)(C)C)C(O)[C@@H]1O)NC(=O)OC(C)(C)C. The molecule has 3 heterocycles. The largest absolute Gasteiger partial charge is 0.444 e. The van der Waals surface area contributed by atoms with E-state index in [-0.39, 0.29) is 0 Å². The minimum atomic E-state index is -2.52. The fourth-order valence-electron chi connectivity index (χ4n) is 12.6. The molecule has 19 atom stereocenters. The van der Waals surface area contributed by atoms with Gasteiger partial charge in [0.2, 0.25) is 35.8 Å². The normalized spacial score (nSPS) is 25.2. The van der Waals surface area contributed by atoms with E-state index in [1.165, 1.54) is 249 Å². The van der Waals surface area contributed by atoms with Crippen LogP contribution in [-0.4, -0.2) is 343 Å². The molecule has 830 valence electrons. The first-order valence-corrected chi connectivity index (χ1v) is 46.5. The Morgan fingerprint density at radius 3 is 0.760 bits per heavy atom. The lowest BCUT2D eigenvalue weighted by Gasteiger charge is -2.49. The van der Waals surface area contributed by atoms with Crippen LogP contribution < -0.4 is 63.8 Å². The number of aliphatic hydroxyl groups excluding tert-OH is 6. The van der Waals surface area contributed by atoms with Gasteiger partial charge < -0.3 is 148 Å². The number of hydrogen-bond acceptors (Lipinski definition) is 37. The molecule has 0 aromatic carbocycles. The van der Waals surface area contributed by atoms with Crippen LogP contribution in [0, 0.1) is 0 Å². The van der Waals surface area contributed by atoms with Gasteiger partial charge in [-0.15, -0.1) is 30.0 Å². The molecule has 0 aromatic heterocycles. The number of amides is 12. The Morgan fingerprint density at radius 1 is 0.274 bits per heavy atom. The third kappa shape index (κ3) is 49.5. The number of rotatable bonds is 16. The average Bonchev–Trinajstić information content (AvgIpc) is 1.28. The average molecular weight is 2090 g/mol. The Labute approximate surface area is 847 Å². The highest BCUT2D eigenvalue weighted by molar-refractivity contribution is 6.03. The van der Waals surface area contributed by atoms with Crippen molar-refractivity contribution in [2.75, 3.05) is 19.6 Å². The van der Waals surface area contributed by atoms with Gasteiger partial charge in [-0.3, -0.25) is 31.9 Å². The molecule has 4 rings (SSSR count). The Kier molecular flexibility index (Phi) is 44.3. The summed E-state index contributed by atoms with van der Waals surface area (Å²) < 4.78 is 107. The molecule has 1 saturated carbocycles. The van der Waals surface area contributed by atoms with Crippen LogP contribution in [0.5, 0.6) is 0 Å². The maximum absolute atomic E-state index is 14.4. The lowest BCUT2D eigenvalue weighted by atomic mass is 9.83. The summed E-state index contributed by atoms with van der Waals surface area (Å²) >= 11 is 0. The fourth-order valence-corrected chi connectivity index (χ4v) is 12.6. The lowest BCUT2D eigenvalue weighted by molar-refractivity contribution is -0.310. The maximum Gasteiger partial charge on any atom is 0.437 e. The van der Waals surface area contributed by atoms with Crippen LogP contribution in [0.3, 0.4) is 0 Å². The molecule has 4 fully saturated rings. The minimum absolute atomic E-state index is 0.720. The van der Waals surface area contributed by atoms with E-state index in [2.05, 4.69) is 104 Å². The number of nitrogens with zero attached hydrogens (tertiary/aromatic N) is 9. The second-order valence-electron chi connectivity index (χ2n) is 45.5. The summed E-state index contributed by atoms with van der Waals surface area (Å²) in [5.41, 5.74) is -5.23. The van der Waals surface area contributed by atoms with Crippen LogP contribution >= 0.6 is 0 Å². The standard InChI is InChI=1S/C89H153N21O36/c1-78(2,3)135-66(117)98-60(99-67(118)136-79(4,5)6)91-38-43-49(112)51(114)46(96-64(106-74(125)143-86(25,26)27)107-75(126)144-87(28,29)30)57(129-43)132-54-42(95-63(104-72(123)141-84(19,20)21)105-73(124)142-85(22,23)24)37-41(94-62(102-70(121)139-82(13,14)15)103-71(122)140-83(16,17)18)48(111)56(54)134-59-53(116)55(45(131-59)40-93-110-90)133-58-47(97-65(108-76(127)145-88(31,32)33)109-77(128)146-89(34,35)36)52(115)50(113)44(130-58)39-92-61(100-68(119)137-80(7,8)9)101-69(120)138-81(10,11)12/h41-59,111-116H,37-40H2,1-36H3,(H2,91,98,99,117,118)(H2,92,100,101,119,120)(H2,94,102,103,121,122)(H2,95,104,105,123,124)(H2,96,106,107,125,126)(H2,97,108,109,127,128)/t41-,42?,43?,44?,45-,46?,47?,48?,49-,50?,51?,52?,53+,54-,55?,56?,57-,58?,59+/m1/s1. The molecule has 0 radical (unpaired) electrons. The van der Waals surface area contributed by atoms with Gasteiger partial charge in [-0.25, -0.2) is 57.5 Å². The van der Waals surface area contributed by atoms with Gasteiger partial charge in [-0.05, 0) is 261 Å². The van der Waals surface area contributed by atoms with Gasteiger partial charge >= 0.3 is 73.1 Å². The van der Waals surface area contributed by atoms with Crippen molar-refractivity contribution in [1.82, 2.24) is 63.8 Å². The molecule has 3 aliphatic heterocycles. The van der Waals surface area contributed by atoms with Gasteiger partial charge in [0.05, 0.1) is 24.7 Å². The van der Waals surface area contributed by atoms with E-state index in [1.54, 1.807) is 0 Å². The maximum atomic E-state index is 14.4. The Hall–Kier alpha value is -11.9. The van der Waals surface area contributed by atoms with Crippen LogP contribution in [0.1, 0.15) is 256 Å². The van der Waals surface area contributed by atoms with Crippen molar-refractivity contribution in [1.29, 1.82) is 0 Å². The first-order chi connectivity index (χ1) is 66.1. The molecule has 12 amide bonds. The van der Waals surface area contributed by atoms with Gasteiger partial charge in [-0.2, -0.15) is 0 Å². The first kappa shape index (κ1) is 126. The monoisotopic (exact) mass is 2090 g/mol. The summed E-state index contributed by atoms with van der Waals surface area (Å²) in [5.74, 6) is -5.23. The fraction of sp³-hybridized carbons (Fsp3) is 0.798. The predicted octanol–water partition coefficient (Wildman–Crippen LogP) is 7.10. The van der Waals surface area contributed by atoms with Crippen LogP contribution in [0.25, 0.3) is 10.4 Å².